The molecular formula is C27H31F2N7O3S. The number of anilines is 3. The highest BCUT2D eigenvalue weighted by atomic mass is 32.2. The largest absolute Gasteiger partial charge is 0.375 e. The number of hydrogen-bond acceptors (Lipinski definition) is 9. The van der Waals surface area contributed by atoms with Gasteiger partial charge in [0.1, 0.15) is 21.5 Å². The van der Waals surface area contributed by atoms with Gasteiger partial charge in [0.15, 0.2) is 0 Å². The van der Waals surface area contributed by atoms with Gasteiger partial charge in [-0.2, -0.15) is 9.61 Å². The van der Waals surface area contributed by atoms with Gasteiger partial charge in [-0.05, 0) is 42.8 Å². The lowest BCUT2D eigenvalue weighted by Crippen LogP contribution is -2.57. The average Bonchev–Trinajstić information content (AvgIpc) is 3.26. The summed E-state index contributed by atoms with van der Waals surface area (Å²) in [6.07, 6.45) is 5.84. The Bertz CT molecular complexity index is 1610. The Labute approximate surface area is 231 Å². The summed E-state index contributed by atoms with van der Waals surface area (Å²) in [5.74, 6) is -1.07. The Morgan fingerprint density at radius 2 is 1.90 bits per heavy atom. The number of hydrogen-bond donors (Lipinski definition) is 2. The van der Waals surface area contributed by atoms with Crippen LogP contribution in [0.25, 0.3) is 16.8 Å². The maximum Gasteiger partial charge on any atom is 0.229 e. The van der Waals surface area contributed by atoms with E-state index in [9.17, 15) is 17.2 Å². The molecule has 212 valence electrons. The molecule has 3 N–H and O–H groups in total. The van der Waals surface area contributed by atoms with Crippen molar-refractivity contribution in [3.05, 3.63) is 66.1 Å². The molecule has 3 atom stereocenters. The van der Waals surface area contributed by atoms with Crippen molar-refractivity contribution in [1.29, 1.82) is 0 Å². The summed E-state index contributed by atoms with van der Waals surface area (Å²) in [5.41, 5.74) is 8.98. The first-order valence-corrected chi connectivity index (χ1v) is 14.9. The number of nitrogens with zero attached hydrogens (tertiary/aromatic N) is 5. The number of aromatic nitrogens is 4. The Balaban J connectivity index is 1.39. The van der Waals surface area contributed by atoms with Crippen molar-refractivity contribution in [3.8, 4) is 11.3 Å². The number of rotatable bonds is 8. The quantitative estimate of drug-likeness (QED) is 0.327. The minimum Gasteiger partial charge on any atom is -0.375 e. The lowest BCUT2D eigenvalue weighted by Gasteiger charge is -2.42. The molecule has 3 unspecified atom stereocenters. The molecule has 1 aliphatic rings. The number of sulfone groups is 1. The van der Waals surface area contributed by atoms with Crippen LogP contribution in [0.4, 0.5) is 26.1 Å². The monoisotopic (exact) mass is 571 g/mol. The molecule has 40 heavy (non-hydrogen) atoms. The van der Waals surface area contributed by atoms with Gasteiger partial charge in [0.25, 0.3) is 0 Å². The lowest BCUT2D eigenvalue weighted by atomic mass is 9.92. The zero-order valence-electron chi connectivity index (χ0n) is 22.4. The van der Waals surface area contributed by atoms with Gasteiger partial charge in [0.2, 0.25) is 5.95 Å². The average molecular weight is 572 g/mol. The second-order valence-corrected chi connectivity index (χ2v) is 12.5. The normalized spacial score (nSPS) is 19.8. The van der Waals surface area contributed by atoms with Crippen LogP contribution in [0.1, 0.15) is 12.5 Å². The maximum absolute atomic E-state index is 14.7. The predicted octanol–water partition coefficient (Wildman–Crippen LogP) is 3.33. The van der Waals surface area contributed by atoms with Crippen LogP contribution in [-0.2, 0) is 14.6 Å². The van der Waals surface area contributed by atoms with Crippen LogP contribution < -0.4 is 16.0 Å². The number of nitrogens with two attached hydrogens (primary N) is 1. The van der Waals surface area contributed by atoms with E-state index in [-0.39, 0.29) is 41.7 Å². The zero-order chi connectivity index (χ0) is 28.6. The van der Waals surface area contributed by atoms with Crippen molar-refractivity contribution in [3.63, 3.8) is 0 Å². The van der Waals surface area contributed by atoms with E-state index in [0.29, 0.717) is 35.8 Å². The van der Waals surface area contributed by atoms with E-state index < -0.39 is 21.5 Å². The molecule has 1 aliphatic heterocycles. The Morgan fingerprint density at radius 1 is 1.15 bits per heavy atom. The highest BCUT2D eigenvalue weighted by Crippen LogP contribution is 2.32. The smallest absolute Gasteiger partial charge is 0.229 e. The van der Waals surface area contributed by atoms with Crippen molar-refractivity contribution in [2.45, 2.75) is 26.0 Å². The van der Waals surface area contributed by atoms with Gasteiger partial charge < -0.3 is 20.7 Å². The van der Waals surface area contributed by atoms with E-state index >= 15 is 0 Å². The minimum atomic E-state index is -3.13. The number of pyridine rings is 1. The summed E-state index contributed by atoms with van der Waals surface area (Å²) < 4.78 is 59.6. The molecule has 0 aliphatic carbocycles. The standard InChI is InChI=1S/C27H31F2N7O3S/c1-16-10-19(28)25(20(29)11-16)22-5-4-18-12-32-27(36(18)34-22)33-23-13-31-7-6-24(23)35-14-17(2)26(21(30)15-35)39-8-9-40(3,37)38/h4-7,10-13,17,21,26H,8-9,14-15,30H2,1-3H3,(H,32,33). The van der Waals surface area contributed by atoms with Gasteiger partial charge in [-0.1, -0.05) is 6.92 Å². The summed E-state index contributed by atoms with van der Waals surface area (Å²) in [6, 6.07) is 7.30. The summed E-state index contributed by atoms with van der Waals surface area (Å²) in [6.45, 7) is 4.83. The number of benzene rings is 1. The number of halogens is 2. The van der Waals surface area contributed by atoms with Gasteiger partial charge in [-0.15, -0.1) is 0 Å². The van der Waals surface area contributed by atoms with Gasteiger partial charge in [0.05, 0.1) is 59.0 Å². The Morgan fingerprint density at radius 3 is 2.60 bits per heavy atom. The molecule has 4 heterocycles. The van der Waals surface area contributed by atoms with Gasteiger partial charge in [-0.3, -0.25) is 4.98 Å². The molecule has 0 amide bonds. The third kappa shape index (κ3) is 5.91. The van der Waals surface area contributed by atoms with Crippen LogP contribution in [0.5, 0.6) is 0 Å². The first kappa shape index (κ1) is 27.9. The van der Waals surface area contributed by atoms with E-state index in [1.54, 1.807) is 37.6 Å². The topological polar surface area (TPSA) is 128 Å². The van der Waals surface area contributed by atoms with E-state index in [1.807, 2.05) is 13.0 Å². The van der Waals surface area contributed by atoms with Crippen LogP contribution in [-0.4, -0.2) is 71.9 Å². The van der Waals surface area contributed by atoms with Gasteiger partial charge in [-0.25, -0.2) is 22.2 Å². The molecule has 1 fully saturated rings. The van der Waals surface area contributed by atoms with E-state index in [0.717, 1.165) is 5.69 Å². The van der Waals surface area contributed by atoms with Crippen LogP contribution in [0.3, 0.4) is 0 Å². The molecule has 1 saturated heterocycles. The summed E-state index contributed by atoms with van der Waals surface area (Å²) in [4.78, 5) is 10.8. The molecule has 10 nitrogen and oxygen atoms in total. The van der Waals surface area contributed by atoms with Crippen molar-refractivity contribution in [2.75, 3.05) is 41.9 Å². The highest BCUT2D eigenvalue weighted by molar-refractivity contribution is 7.90. The van der Waals surface area contributed by atoms with Crippen molar-refractivity contribution in [2.24, 2.45) is 11.7 Å². The number of imidazole rings is 1. The second kappa shape index (κ2) is 11.1. The van der Waals surface area contributed by atoms with E-state index in [4.69, 9.17) is 10.5 Å². The summed E-state index contributed by atoms with van der Waals surface area (Å²) >= 11 is 0. The van der Waals surface area contributed by atoms with Crippen LogP contribution >= 0.6 is 0 Å². The SMILES string of the molecule is Cc1cc(F)c(-c2ccc3cnc(Nc4cnccc4N4CC(C)C(OCCS(C)(=O)=O)C(N)C4)n3n2)c(F)c1. The van der Waals surface area contributed by atoms with Crippen molar-refractivity contribution >= 4 is 32.7 Å². The Hall–Kier alpha value is -3.68. The van der Waals surface area contributed by atoms with Crippen LogP contribution in [0.2, 0.25) is 0 Å². The maximum atomic E-state index is 14.7. The lowest BCUT2D eigenvalue weighted by molar-refractivity contribution is 0.00183. The fourth-order valence-electron chi connectivity index (χ4n) is 5.05. The number of ether oxygens (including phenoxy) is 1. The van der Waals surface area contributed by atoms with Gasteiger partial charge >= 0.3 is 0 Å². The highest BCUT2D eigenvalue weighted by Gasteiger charge is 2.34. The number of fused-ring (bicyclic) bond motifs is 1. The summed E-state index contributed by atoms with van der Waals surface area (Å²) in [7, 11) is -3.13. The fraction of sp³-hybridized carbons (Fsp3) is 0.370. The molecule has 0 saturated carbocycles. The molecule has 0 spiro atoms. The molecular weight excluding hydrogens is 540 g/mol. The van der Waals surface area contributed by atoms with Crippen molar-refractivity contribution < 1.29 is 21.9 Å². The number of aryl methyl sites for hydroxylation is 1. The molecule has 0 bridgehead atoms. The number of piperidine rings is 1. The van der Waals surface area contributed by atoms with E-state index in [1.165, 1.54) is 22.9 Å². The first-order chi connectivity index (χ1) is 19.0. The first-order valence-electron chi connectivity index (χ1n) is 12.8. The fourth-order valence-corrected chi connectivity index (χ4v) is 5.45. The van der Waals surface area contributed by atoms with Gasteiger partial charge in [0, 0.05) is 37.5 Å². The molecule has 13 heteroatoms. The Kier molecular flexibility index (Phi) is 7.71. The second-order valence-electron chi connectivity index (χ2n) is 10.3. The van der Waals surface area contributed by atoms with Crippen LogP contribution in [0, 0.1) is 24.5 Å². The van der Waals surface area contributed by atoms with Crippen molar-refractivity contribution in [1.82, 2.24) is 19.6 Å². The third-order valence-electron chi connectivity index (χ3n) is 6.90. The molecule has 4 aromatic rings. The molecule has 3 aromatic heterocycles. The molecule has 5 rings (SSSR count). The third-order valence-corrected chi connectivity index (χ3v) is 7.81. The zero-order valence-corrected chi connectivity index (χ0v) is 23.2. The molecule has 0 radical (unpaired) electrons. The van der Waals surface area contributed by atoms with E-state index in [2.05, 4.69) is 25.3 Å². The number of nitrogens with one attached hydrogen (secondary N) is 1. The predicted molar refractivity (Wildman–Crippen MR) is 149 cm³/mol. The summed E-state index contributed by atoms with van der Waals surface area (Å²) in [5, 5.41) is 7.73. The minimum absolute atomic E-state index is 0.0279. The molecule has 1 aromatic carbocycles. The van der Waals surface area contributed by atoms with Crippen LogP contribution in [0.15, 0.2) is 48.9 Å².